The van der Waals surface area contributed by atoms with Crippen LogP contribution in [-0.4, -0.2) is 37.4 Å². The zero-order valence-electron chi connectivity index (χ0n) is 16.6. The molecule has 0 aliphatic heterocycles. The summed E-state index contributed by atoms with van der Waals surface area (Å²) >= 11 is 1.24. The molecule has 0 aliphatic rings. The predicted octanol–water partition coefficient (Wildman–Crippen LogP) is 2.76. The Labute approximate surface area is 168 Å². The van der Waals surface area contributed by atoms with Gasteiger partial charge >= 0.3 is 0 Å². The normalized spacial score (nSPS) is 14.0. The lowest BCUT2D eigenvalue weighted by Gasteiger charge is -2.28. The molecular formula is C19H24N6O2S. The molecule has 1 aromatic heterocycles. The SMILES string of the molecule is CC(=O)Nc1cccc(-n2cnnc2SC(C)C(=O)NC(C)(C#N)C(C)C)c1. The summed E-state index contributed by atoms with van der Waals surface area (Å²) in [7, 11) is 0. The van der Waals surface area contributed by atoms with E-state index in [1.807, 2.05) is 26.0 Å². The van der Waals surface area contributed by atoms with Gasteiger partial charge in [-0.25, -0.2) is 0 Å². The lowest BCUT2D eigenvalue weighted by atomic mass is 9.90. The molecule has 2 atom stereocenters. The Morgan fingerprint density at radius 2 is 2.04 bits per heavy atom. The van der Waals surface area contributed by atoms with Crippen LogP contribution in [0.25, 0.3) is 5.69 Å². The minimum atomic E-state index is -0.938. The van der Waals surface area contributed by atoms with Gasteiger partial charge in [0.25, 0.3) is 0 Å². The van der Waals surface area contributed by atoms with E-state index in [1.54, 1.807) is 36.9 Å². The van der Waals surface area contributed by atoms with Crippen LogP contribution >= 0.6 is 11.8 Å². The van der Waals surface area contributed by atoms with Gasteiger partial charge < -0.3 is 10.6 Å². The van der Waals surface area contributed by atoms with Crippen LogP contribution in [-0.2, 0) is 9.59 Å². The molecule has 148 valence electrons. The molecule has 0 saturated heterocycles. The molecular weight excluding hydrogens is 376 g/mol. The number of carbonyl (C=O) groups excluding carboxylic acids is 2. The first-order valence-corrected chi connectivity index (χ1v) is 9.72. The van der Waals surface area contributed by atoms with Crippen molar-refractivity contribution in [2.24, 2.45) is 5.92 Å². The van der Waals surface area contributed by atoms with Crippen molar-refractivity contribution in [1.82, 2.24) is 20.1 Å². The summed E-state index contributed by atoms with van der Waals surface area (Å²) in [5.41, 5.74) is 0.476. The van der Waals surface area contributed by atoms with Gasteiger partial charge in [-0.15, -0.1) is 10.2 Å². The number of anilines is 1. The van der Waals surface area contributed by atoms with E-state index in [4.69, 9.17) is 0 Å². The van der Waals surface area contributed by atoms with Crippen LogP contribution < -0.4 is 10.6 Å². The number of amides is 2. The van der Waals surface area contributed by atoms with E-state index < -0.39 is 10.8 Å². The third-order valence-corrected chi connectivity index (χ3v) is 5.44. The van der Waals surface area contributed by atoms with Crippen molar-refractivity contribution in [2.45, 2.75) is 50.6 Å². The largest absolute Gasteiger partial charge is 0.337 e. The fraction of sp³-hybridized carbons (Fsp3) is 0.421. The van der Waals surface area contributed by atoms with Gasteiger partial charge in [0.1, 0.15) is 11.9 Å². The molecule has 2 rings (SSSR count). The second-order valence-electron chi connectivity index (χ2n) is 6.93. The number of nitriles is 1. The van der Waals surface area contributed by atoms with Crippen LogP contribution in [0.3, 0.4) is 0 Å². The molecule has 9 heteroatoms. The van der Waals surface area contributed by atoms with Crippen molar-refractivity contribution in [2.75, 3.05) is 5.32 Å². The third kappa shape index (κ3) is 5.10. The molecule has 8 nitrogen and oxygen atoms in total. The highest BCUT2D eigenvalue weighted by molar-refractivity contribution is 8.00. The molecule has 2 unspecified atom stereocenters. The van der Waals surface area contributed by atoms with Gasteiger partial charge in [0.2, 0.25) is 11.8 Å². The Bertz CT molecular complexity index is 904. The topological polar surface area (TPSA) is 113 Å². The van der Waals surface area contributed by atoms with Crippen LogP contribution in [0.1, 0.15) is 34.6 Å². The van der Waals surface area contributed by atoms with Crippen LogP contribution in [0, 0.1) is 17.2 Å². The molecule has 28 heavy (non-hydrogen) atoms. The van der Waals surface area contributed by atoms with Gasteiger partial charge in [0.15, 0.2) is 5.16 Å². The lowest BCUT2D eigenvalue weighted by molar-refractivity contribution is -0.122. The summed E-state index contributed by atoms with van der Waals surface area (Å²) in [6, 6.07) is 9.42. The molecule has 2 N–H and O–H groups in total. The van der Waals surface area contributed by atoms with Crippen LogP contribution in [0.15, 0.2) is 35.7 Å². The zero-order valence-corrected chi connectivity index (χ0v) is 17.4. The Morgan fingerprint density at radius 1 is 1.32 bits per heavy atom. The second kappa shape index (κ2) is 8.89. The Hall–Kier alpha value is -2.86. The Kier molecular flexibility index (Phi) is 6.80. The number of nitrogens with one attached hydrogen (secondary N) is 2. The number of hydrogen-bond acceptors (Lipinski definition) is 6. The average molecular weight is 401 g/mol. The number of thioether (sulfide) groups is 1. The number of hydrogen-bond donors (Lipinski definition) is 2. The Morgan fingerprint density at radius 3 is 2.64 bits per heavy atom. The van der Waals surface area contributed by atoms with Crippen molar-refractivity contribution in [3.8, 4) is 11.8 Å². The number of nitrogens with zero attached hydrogens (tertiary/aromatic N) is 4. The highest BCUT2D eigenvalue weighted by Gasteiger charge is 2.32. The predicted molar refractivity (Wildman–Crippen MR) is 108 cm³/mol. The maximum absolute atomic E-state index is 12.6. The minimum Gasteiger partial charge on any atom is -0.337 e. The van der Waals surface area contributed by atoms with Crippen LogP contribution in [0.5, 0.6) is 0 Å². The van der Waals surface area contributed by atoms with Gasteiger partial charge in [0.05, 0.1) is 17.0 Å². The monoisotopic (exact) mass is 400 g/mol. The first kappa shape index (κ1) is 21.4. The summed E-state index contributed by atoms with van der Waals surface area (Å²) in [6.07, 6.45) is 1.55. The first-order chi connectivity index (χ1) is 13.2. The summed E-state index contributed by atoms with van der Waals surface area (Å²) in [6.45, 7) is 8.69. The first-order valence-electron chi connectivity index (χ1n) is 8.84. The smallest absolute Gasteiger partial charge is 0.234 e. The molecule has 1 aromatic carbocycles. The number of benzene rings is 1. The van der Waals surface area contributed by atoms with Gasteiger partial charge in [0, 0.05) is 12.6 Å². The molecule has 0 saturated carbocycles. The second-order valence-corrected chi connectivity index (χ2v) is 8.24. The zero-order chi connectivity index (χ0) is 20.9. The standard InChI is InChI=1S/C19H24N6O2S/c1-12(2)19(5,10-20)23-17(27)13(3)28-18-24-21-11-25(18)16-8-6-7-15(9-16)22-14(4)26/h6-9,11-13H,1-5H3,(H,22,26)(H,23,27). The van der Waals surface area contributed by atoms with E-state index >= 15 is 0 Å². The molecule has 0 bridgehead atoms. The van der Waals surface area contributed by atoms with Crippen LogP contribution in [0.2, 0.25) is 0 Å². The van der Waals surface area contributed by atoms with Gasteiger partial charge in [-0.05, 0) is 38.0 Å². The van der Waals surface area contributed by atoms with Crippen molar-refractivity contribution >= 4 is 29.3 Å². The fourth-order valence-electron chi connectivity index (χ4n) is 2.29. The van der Waals surface area contributed by atoms with Gasteiger partial charge in [-0.3, -0.25) is 14.2 Å². The number of carbonyl (C=O) groups is 2. The molecule has 2 amide bonds. The summed E-state index contributed by atoms with van der Waals surface area (Å²) < 4.78 is 1.74. The average Bonchev–Trinajstić information content (AvgIpc) is 3.09. The summed E-state index contributed by atoms with van der Waals surface area (Å²) in [5.74, 6) is -0.436. The van der Waals surface area contributed by atoms with Crippen molar-refractivity contribution in [1.29, 1.82) is 5.26 Å². The fourth-order valence-corrected chi connectivity index (χ4v) is 3.13. The van der Waals surface area contributed by atoms with Crippen molar-refractivity contribution < 1.29 is 9.59 Å². The van der Waals surface area contributed by atoms with E-state index in [9.17, 15) is 14.9 Å². The van der Waals surface area contributed by atoms with Gasteiger partial charge in [-0.1, -0.05) is 31.7 Å². The molecule has 0 fully saturated rings. The maximum Gasteiger partial charge on any atom is 0.234 e. The van der Waals surface area contributed by atoms with E-state index in [-0.39, 0.29) is 17.7 Å². The number of rotatable bonds is 7. The molecule has 1 heterocycles. The molecule has 0 spiro atoms. The molecule has 0 aliphatic carbocycles. The van der Waals surface area contributed by atoms with E-state index in [2.05, 4.69) is 26.9 Å². The van der Waals surface area contributed by atoms with Gasteiger partial charge in [-0.2, -0.15) is 5.26 Å². The third-order valence-electron chi connectivity index (χ3n) is 4.38. The van der Waals surface area contributed by atoms with E-state index in [1.165, 1.54) is 18.7 Å². The minimum absolute atomic E-state index is 0.0289. The van der Waals surface area contributed by atoms with E-state index in [0.717, 1.165) is 5.69 Å². The lowest BCUT2D eigenvalue weighted by Crippen LogP contribution is -2.51. The molecule has 2 aromatic rings. The highest BCUT2D eigenvalue weighted by atomic mass is 32.2. The summed E-state index contributed by atoms with van der Waals surface area (Å²) in [4.78, 5) is 23.9. The summed E-state index contributed by atoms with van der Waals surface area (Å²) in [5, 5.41) is 23.0. The van der Waals surface area contributed by atoms with Crippen molar-refractivity contribution in [3.05, 3.63) is 30.6 Å². The number of aromatic nitrogens is 3. The highest BCUT2D eigenvalue weighted by Crippen LogP contribution is 2.26. The van der Waals surface area contributed by atoms with Crippen LogP contribution in [0.4, 0.5) is 5.69 Å². The quantitative estimate of drug-likeness (QED) is 0.691. The molecule has 0 radical (unpaired) electrons. The van der Waals surface area contributed by atoms with E-state index in [0.29, 0.717) is 10.8 Å². The Balaban J connectivity index is 2.17. The maximum atomic E-state index is 12.6. The van der Waals surface area contributed by atoms with Crippen molar-refractivity contribution in [3.63, 3.8) is 0 Å².